The Balaban J connectivity index is 2.83. The molecule has 0 saturated carbocycles. The molecule has 1 atom stereocenters. The maximum Gasteiger partial charge on any atom is 0.334 e. The molecule has 0 spiro atoms. The van der Waals surface area contributed by atoms with Crippen LogP contribution in [-0.2, 0) is 9.59 Å². The van der Waals surface area contributed by atoms with Crippen LogP contribution in [0.5, 0.6) is 5.75 Å². The number of carboxylic acids is 1. The number of carbonyl (C=O) groups is 3. The van der Waals surface area contributed by atoms with E-state index in [1.807, 2.05) is 0 Å². The second kappa shape index (κ2) is 6.67. The van der Waals surface area contributed by atoms with E-state index in [4.69, 9.17) is 14.9 Å². The Bertz CT molecular complexity index is 540. The quantitative estimate of drug-likeness (QED) is 0.521. The molecule has 0 radical (unpaired) electrons. The second-order valence-corrected chi connectivity index (χ2v) is 4.09. The number of esters is 1. The minimum atomic E-state index is -1.67. The fourth-order valence-electron chi connectivity index (χ4n) is 1.50. The number of carboxylic acid groups (broad SMARTS) is 1. The van der Waals surface area contributed by atoms with Crippen molar-refractivity contribution in [3.05, 3.63) is 29.3 Å². The Hall–Kier alpha value is -2.41. The van der Waals surface area contributed by atoms with Crippen molar-refractivity contribution < 1.29 is 29.3 Å². The monoisotopic (exact) mass is 281 g/mol. The first-order valence-corrected chi connectivity index (χ1v) is 5.80. The van der Waals surface area contributed by atoms with E-state index in [-0.39, 0.29) is 11.3 Å². The first kappa shape index (κ1) is 15.6. The van der Waals surface area contributed by atoms with Crippen LogP contribution in [0, 0.1) is 6.92 Å². The molecule has 108 valence electrons. The van der Waals surface area contributed by atoms with Gasteiger partial charge in [-0.15, -0.1) is 0 Å². The lowest BCUT2D eigenvalue weighted by Gasteiger charge is -2.12. The third-order valence-electron chi connectivity index (χ3n) is 2.52. The lowest BCUT2D eigenvalue weighted by molar-refractivity contribution is -0.146. The van der Waals surface area contributed by atoms with Crippen molar-refractivity contribution in [2.24, 2.45) is 0 Å². The Labute approximate surface area is 115 Å². The number of hydrogen-bond acceptors (Lipinski definition) is 5. The van der Waals surface area contributed by atoms with Crippen LogP contribution in [0.2, 0.25) is 0 Å². The summed E-state index contributed by atoms with van der Waals surface area (Å²) in [6.07, 6.45) is -1.67. The van der Waals surface area contributed by atoms with Crippen molar-refractivity contribution in [2.75, 3.05) is 6.54 Å². The maximum atomic E-state index is 11.9. The van der Waals surface area contributed by atoms with E-state index in [1.165, 1.54) is 19.1 Å². The van der Waals surface area contributed by atoms with Crippen LogP contribution < -0.4 is 10.1 Å². The molecule has 7 heteroatoms. The summed E-state index contributed by atoms with van der Waals surface area (Å²) in [6, 6.07) is 4.58. The number of ether oxygens (including phenoxy) is 1. The van der Waals surface area contributed by atoms with Crippen LogP contribution in [-0.4, -0.2) is 40.7 Å². The van der Waals surface area contributed by atoms with Crippen molar-refractivity contribution in [1.29, 1.82) is 0 Å². The van der Waals surface area contributed by atoms with Gasteiger partial charge in [-0.05, 0) is 19.1 Å². The Morgan fingerprint density at radius 3 is 2.55 bits per heavy atom. The average molecular weight is 281 g/mol. The molecule has 7 nitrogen and oxygen atoms in total. The van der Waals surface area contributed by atoms with Gasteiger partial charge in [0.15, 0.2) is 6.10 Å². The first-order valence-electron chi connectivity index (χ1n) is 5.80. The number of aliphatic hydroxyl groups is 1. The molecule has 3 N–H and O–H groups in total. The van der Waals surface area contributed by atoms with E-state index in [9.17, 15) is 14.4 Å². The molecule has 0 aromatic heterocycles. The fraction of sp³-hybridized carbons (Fsp3) is 0.308. The molecule has 0 heterocycles. The SMILES string of the molecule is CC(=O)Oc1cccc(C(=O)NCC(O)C(=O)O)c1C. The zero-order valence-corrected chi connectivity index (χ0v) is 11.0. The van der Waals surface area contributed by atoms with Gasteiger partial charge in [0, 0.05) is 18.1 Å². The van der Waals surface area contributed by atoms with Gasteiger partial charge in [0.1, 0.15) is 5.75 Å². The van der Waals surface area contributed by atoms with Gasteiger partial charge in [-0.1, -0.05) is 6.07 Å². The van der Waals surface area contributed by atoms with E-state index < -0.39 is 30.5 Å². The maximum absolute atomic E-state index is 11.9. The lowest BCUT2D eigenvalue weighted by Crippen LogP contribution is -2.36. The van der Waals surface area contributed by atoms with Gasteiger partial charge < -0.3 is 20.3 Å². The summed E-state index contributed by atoms with van der Waals surface area (Å²) in [7, 11) is 0. The number of aliphatic hydroxyl groups excluding tert-OH is 1. The zero-order chi connectivity index (χ0) is 15.3. The third kappa shape index (κ3) is 4.06. The predicted molar refractivity (Wildman–Crippen MR) is 68.5 cm³/mol. The van der Waals surface area contributed by atoms with Gasteiger partial charge in [-0.2, -0.15) is 0 Å². The predicted octanol–water partition coefficient (Wildman–Crippen LogP) is 0.0956. The number of rotatable bonds is 5. The van der Waals surface area contributed by atoms with Crippen molar-refractivity contribution in [3.8, 4) is 5.75 Å². The smallest absolute Gasteiger partial charge is 0.334 e. The van der Waals surface area contributed by atoms with Gasteiger partial charge in [-0.25, -0.2) is 4.79 Å². The number of carbonyl (C=O) groups excluding carboxylic acids is 2. The van der Waals surface area contributed by atoms with Gasteiger partial charge >= 0.3 is 11.9 Å². The fourth-order valence-corrected chi connectivity index (χ4v) is 1.50. The van der Waals surface area contributed by atoms with E-state index in [1.54, 1.807) is 13.0 Å². The number of hydrogen-bond donors (Lipinski definition) is 3. The van der Waals surface area contributed by atoms with Gasteiger partial charge in [0.25, 0.3) is 5.91 Å². The van der Waals surface area contributed by atoms with Crippen LogP contribution >= 0.6 is 0 Å². The molecule has 1 unspecified atom stereocenters. The highest BCUT2D eigenvalue weighted by molar-refractivity contribution is 5.96. The molecule has 0 bridgehead atoms. The molecule has 0 aliphatic rings. The highest BCUT2D eigenvalue weighted by Crippen LogP contribution is 2.21. The summed E-state index contributed by atoms with van der Waals surface area (Å²) >= 11 is 0. The second-order valence-electron chi connectivity index (χ2n) is 4.09. The topological polar surface area (TPSA) is 113 Å². The normalized spacial score (nSPS) is 11.6. The zero-order valence-electron chi connectivity index (χ0n) is 11.0. The Morgan fingerprint density at radius 2 is 2.00 bits per heavy atom. The van der Waals surface area contributed by atoms with Gasteiger partial charge in [0.05, 0.1) is 6.54 Å². The largest absolute Gasteiger partial charge is 0.479 e. The number of benzene rings is 1. The number of aliphatic carboxylic acids is 1. The van der Waals surface area contributed by atoms with Crippen LogP contribution in [0.3, 0.4) is 0 Å². The molecule has 1 aromatic rings. The summed E-state index contributed by atoms with van der Waals surface area (Å²) in [6.45, 7) is 2.43. The molecular weight excluding hydrogens is 266 g/mol. The van der Waals surface area contributed by atoms with E-state index in [0.717, 1.165) is 0 Å². The average Bonchev–Trinajstić information content (AvgIpc) is 2.37. The van der Waals surface area contributed by atoms with E-state index >= 15 is 0 Å². The molecule has 0 fully saturated rings. The minimum absolute atomic E-state index is 0.237. The standard InChI is InChI=1S/C13H15NO6/c1-7-9(4-3-5-11(7)20-8(2)15)12(17)14-6-10(16)13(18)19/h3-5,10,16H,6H2,1-2H3,(H,14,17)(H,18,19). The highest BCUT2D eigenvalue weighted by Gasteiger charge is 2.17. The summed E-state index contributed by atoms with van der Waals surface area (Å²) in [5, 5.41) is 19.9. The Kier molecular flexibility index (Phi) is 5.22. The molecule has 0 aliphatic heterocycles. The summed E-state index contributed by atoms with van der Waals surface area (Å²) < 4.78 is 4.94. The summed E-state index contributed by atoms with van der Waals surface area (Å²) in [5.74, 6) is -2.23. The van der Waals surface area contributed by atoms with Crippen LogP contribution in [0.1, 0.15) is 22.8 Å². The van der Waals surface area contributed by atoms with Crippen molar-refractivity contribution in [2.45, 2.75) is 20.0 Å². The van der Waals surface area contributed by atoms with Crippen LogP contribution in [0.25, 0.3) is 0 Å². The lowest BCUT2D eigenvalue weighted by atomic mass is 10.1. The van der Waals surface area contributed by atoms with Crippen molar-refractivity contribution >= 4 is 17.8 Å². The van der Waals surface area contributed by atoms with Gasteiger partial charge in [-0.3, -0.25) is 9.59 Å². The molecular formula is C13H15NO6. The van der Waals surface area contributed by atoms with Crippen LogP contribution in [0.15, 0.2) is 18.2 Å². The molecule has 1 amide bonds. The molecule has 0 saturated heterocycles. The third-order valence-corrected chi connectivity index (χ3v) is 2.52. The first-order chi connectivity index (χ1) is 9.32. The van der Waals surface area contributed by atoms with E-state index in [0.29, 0.717) is 5.56 Å². The van der Waals surface area contributed by atoms with Gasteiger partial charge in [0.2, 0.25) is 0 Å². The van der Waals surface area contributed by atoms with Crippen molar-refractivity contribution in [3.63, 3.8) is 0 Å². The van der Waals surface area contributed by atoms with E-state index in [2.05, 4.69) is 5.32 Å². The van der Waals surface area contributed by atoms with Crippen LogP contribution in [0.4, 0.5) is 0 Å². The minimum Gasteiger partial charge on any atom is -0.479 e. The Morgan fingerprint density at radius 1 is 1.35 bits per heavy atom. The number of amides is 1. The van der Waals surface area contributed by atoms with Crippen molar-refractivity contribution in [1.82, 2.24) is 5.32 Å². The molecule has 1 rings (SSSR count). The summed E-state index contributed by atoms with van der Waals surface area (Å²) in [4.78, 5) is 33.2. The molecule has 20 heavy (non-hydrogen) atoms. The molecule has 0 aliphatic carbocycles. The number of nitrogens with one attached hydrogen (secondary N) is 1. The molecule has 1 aromatic carbocycles. The highest BCUT2D eigenvalue weighted by atomic mass is 16.5. The summed E-state index contributed by atoms with van der Waals surface area (Å²) in [5.41, 5.74) is 0.686.